The number of hydrogen-bond donors (Lipinski definition) is 1. The molecule has 1 fully saturated rings. The summed E-state index contributed by atoms with van der Waals surface area (Å²) in [6.07, 6.45) is 4.19. The van der Waals surface area contributed by atoms with E-state index in [1.807, 2.05) is 18.7 Å². The van der Waals surface area contributed by atoms with Crippen molar-refractivity contribution in [2.75, 3.05) is 19.7 Å². The van der Waals surface area contributed by atoms with E-state index in [9.17, 15) is 4.79 Å². The molecule has 0 amide bonds. The Balaban J connectivity index is 1.72. The smallest absolute Gasteiger partial charge is 0.307 e. The fraction of sp³-hybridized carbons (Fsp3) is 0.769. The van der Waals surface area contributed by atoms with E-state index in [-0.39, 0.29) is 10.7 Å². The van der Waals surface area contributed by atoms with Crippen molar-refractivity contribution in [1.29, 1.82) is 0 Å². The summed E-state index contributed by atoms with van der Waals surface area (Å²) in [6.45, 7) is 4.51. The van der Waals surface area contributed by atoms with E-state index in [4.69, 9.17) is 4.74 Å². The van der Waals surface area contributed by atoms with Gasteiger partial charge in [-0.25, -0.2) is 0 Å². The topological polar surface area (TPSA) is 38.3 Å². The molecule has 3 rings (SSSR count). The van der Waals surface area contributed by atoms with Crippen molar-refractivity contribution >= 4 is 17.7 Å². The van der Waals surface area contributed by atoms with Crippen LogP contribution in [0.3, 0.4) is 0 Å². The molecule has 0 aromatic rings. The number of hydrogen-bond acceptors (Lipinski definition) is 4. The molecule has 0 bridgehead atoms. The minimum absolute atomic E-state index is 0.0162. The highest BCUT2D eigenvalue weighted by Crippen LogP contribution is 2.63. The third kappa shape index (κ3) is 1.82. The Kier molecular flexibility index (Phi) is 2.95. The highest BCUT2D eigenvalue weighted by molar-refractivity contribution is 8.04. The van der Waals surface area contributed by atoms with Gasteiger partial charge in [-0.2, -0.15) is 0 Å². The lowest BCUT2D eigenvalue weighted by molar-refractivity contribution is -0.144. The Labute approximate surface area is 106 Å². The third-order valence-corrected chi connectivity index (χ3v) is 5.94. The van der Waals surface area contributed by atoms with Gasteiger partial charge in [-0.3, -0.25) is 4.79 Å². The molecule has 1 saturated carbocycles. The predicted molar refractivity (Wildman–Crippen MR) is 68.8 cm³/mol. The van der Waals surface area contributed by atoms with Crippen LogP contribution in [0, 0.1) is 5.92 Å². The number of carbonyl (C=O) groups is 1. The van der Waals surface area contributed by atoms with Crippen molar-refractivity contribution in [1.82, 2.24) is 5.32 Å². The average molecular weight is 253 g/mol. The SMILES string of the molecule is CCOC(=O)CC12CCC1C1=C(CCNC1)S2. The third-order valence-electron chi connectivity index (χ3n) is 4.19. The van der Waals surface area contributed by atoms with Crippen molar-refractivity contribution in [3.05, 3.63) is 10.5 Å². The second-order valence-corrected chi connectivity index (χ2v) is 6.63. The van der Waals surface area contributed by atoms with Gasteiger partial charge in [0.05, 0.1) is 13.0 Å². The van der Waals surface area contributed by atoms with Gasteiger partial charge in [-0.1, -0.05) is 0 Å². The first-order chi connectivity index (χ1) is 8.25. The van der Waals surface area contributed by atoms with Gasteiger partial charge in [0.15, 0.2) is 0 Å². The minimum atomic E-state index is -0.0162. The van der Waals surface area contributed by atoms with Gasteiger partial charge >= 0.3 is 5.97 Å². The molecule has 94 valence electrons. The molecular weight excluding hydrogens is 234 g/mol. The molecule has 3 aliphatic rings. The van der Waals surface area contributed by atoms with Crippen LogP contribution in [0.4, 0.5) is 0 Å². The minimum Gasteiger partial charge on any atom is -0.466 e. The Bertz CT molecular complexity index is 380. The molecule has 3 nitrogen and oxygen atoms in total. The number of thioether (sulfide) groups is 1. The average Bonchev–Trinajstić information content (AvgIpc) is 2.49. The van der Waals surface area contributed by atoms with Gasteiger partial charge in [-0.05, 0) is 49.1 Å². The van der Waals surface area contributed by atoms with Crippen LogP contribution in [0.1, 0.15) is 32.6 Å². The zero-order valence-corrected chi connectivity index (χ0v) is 11.1. The number of rotatable bonds is 3. The normalized spacial score (nSPS) is 35.0. The molecular formula is C13H19NO2S. The van der Waals surface area contributed by atoms with Crippen LogP contribution in [0.5, 0.6) is 0 Å². The standard InChI is InChI=1S/C13H19NO2S/c1-2-16-12(15)7-13-5-3-10(13)9-8-14-6-4-11(9)17-13/h10,14H,2-8H2,1H3. The quantitative estimate of drug-likeness (QED) is 0.782. The van der Waals surface area contributed by atoms with Crippen LogP contribution in [0.2, 0.25) is 0 Å². The lowest BCUT2D eigenvalue weighted by Gasteiger charge is -2.45. The van der Waals surface area contributed by atoms with Crippen LogP contribution >= 0.6 is 11.8 Å². The number of ether oxygens (including phenoxy) is 1. The summed E-state index contributed by atoms with van der Waals surface area (Å²) >= 11 is 1.98. The number of fused-ring (bicyclic) bond motifs is 2. The molecule has 1 N–H and O–H groups in total. The molecule has 1 aliphatic carbocycles. The van der Waals surface area contributed by atoms with Gasteiger partial charge in [0.25, 0.3) is 0 Å². The maximum Gasteiger partial charge on any atom is 0.307 e. The molecule has 2 atom stereocenters. The van der Waals surface area contributed by atoms with E-state index < -0.39 is 0 Å². The van der Waals surface area contributed by atoms with Crippen molar-refractivity contribution in [2.45, 2.75) is 37.4 Å². The lowest BCUT2D eigenvalue weighted by atomic mass is 9.67. The summed E-state index contributed by atoms with van der Waals surface area (Å²) in [6, 6.07) is 0. The van der Waals surface area contributed by atoms with Gasteiger partial charge in [-0.15, -0.1) is 11.8 Å². The summed E-state index contributed by atoms with van der Waals surface area (Å²) in [4.78, 5) is 13.3. The molecule has 2 unspecified atom stereocenters. The summed E-state index contributed by atoms with van der Waals surface area (Å²) in [7, 11) is 0. The van der Waals surface area contributed by atoms with Crippen LogP contribution in [-0.4, -0.2) is 30.4 Å². The van der Waals surface area contributed by atoms with Crippen molar-refractivity contribution in [2.24, 2.45) is 5.92 Å². The molecule has 2 aliphatic heterocycles. The Morgan fingerprint density at radius 3 is 3.24 bits per heavy atom. The first kappa shape index (κ1) is 11.6. The van der Waals surface area contributed by atoms with Gasteiger partial charge in [0.1, 0.15) is 0 Å². The van der Waals surface area contributed by atoms with E-state index >= 15 is 0 Å². The number of esters is 1. The van der Waals surface area contributed by atoms with E-state index in [0.29, 0.717) is 18.9 Å². The predicted octanol–water partition coefficient (Wildman–Crippen LogP) is 2.08. The zero-order valence-electron chi connectivity index (χ0n) is 10.3. The molecule has 0 spiro atoms. The lowest BCUT2D eigenvalue weighted by Crippen LogP contribution is -2.45. The van der Waals surface area contributed by atoms with Crippen molar-refractivity contribution in [3.8, 4) is 0 Å². The maximum atomic E-state index is 11.7. The fourth-order valence-corrected chi connectivity index (χ4v) is 5.14. The summed E-state index contributed by atoms with van der Waals surface area (Å²) < 4.78 is 5.29. The molecule has 0 aromatic heterocycles. The Morgan fingerprint density at radius 1 is 1.65 bits per heavy atom. The molecule has 4 heteroatoms. The summed E-state index contributed by atoms with van der Waals surface area (Å²) in [5.74, 6) is 0.622. The Morgan fingerprint density at radius 2 is 2.53 bits per heavy atom. The molecule has 17 heavy (non-hydrogen) atoms. The molecule has 2 heterocycles. The van der Waals surface area contributed by atoms with E-state index in [1.54, 1.807) is 10.5 Å². The number of carbonyl (C=O) groups excluding carboxylic acids is 1. The second kappa shape index (κ2) is 4.32. The van der Waals surface area contributed by atoms with E-state index in [2.05, 4.69) is 5.32 Å². The molecule has 0 aromatic carbocycles. The fourth-order valence-electron chi connectivity index (χ4n) is 3.29. The molecule has 0 saturated heterocycles. The second-order valence-electron chi connectivity index (χ2n) is 5.12. The van der Waals surface area contributed by atoms with Crippen LogP contribution in [0.15, 0.2) is 10.5 Å². The monoisotopic (exact) mass is 253 g/mol. The van der Waals surface area contributed by atoms with E-state index in [0.717, 1.165) is 19.5 Å². The van der Waals surface area contributed by atoms with Crippen molar-refractivity contribution in [3.63, 3.8) is 0 Å². The summed E-state index contributed by atoms with van der Waals surface area (Å²) in [5, 5.41) is 3.45. The van der Waals surface area contributed by atoms with Crippen LogP contribution in [-0.2, 0) is 9.53 Å². The largest absolute Gasteiger partial charge is 0.466 e. The van der Waals surface area contributed by atoms with Crippen LogP contribution in [0.25, 0.3) is 0 Å². The van der Waals surface area contributed by atoms with Crippen molar-refractivity contribution < 1.29 is 9.53 Å². The van der Waals surface area contributed by atoms with Gasteiger partial charge in [0.2, 0.25) is 0 Å². The first-order valence-corrected chi connectivity index (χ1v) is 7.34. The van der Waals surface area contributed by atoms with Gasteiger partial charge < -0.3 is 10.1 Å². The highest BCUT2D eigenvalue weighted by atomic mass is 32.2. The Hall–Kier alpha value is -0.480. The molecule has 0 radical (unpaired) electrons. The highest BCUT2D eigenvalue weighted by Gasteiger charge is 2.55. The van der Waals surface area contributed by atoms with Crippen LogP contribution < -0.4 is 5.32 Å². The number of nitrogens with one attached hydrogen (secondary N) is 1. The zero-order chi connectivity index (χ0) is 11.9. The van der Waals surface area contributed by atoms with E-state index in [1.165, 1.54) is 12.8 Å². The summed E-state index contributed by atoms with van der Waals surface area (Å²) in [5.41, 5.74) is 1.59. The van der Waals surface area contributed by atoms with Gasteiger partial charge in [0, 0.05) is 11.3 Å². The maximum absolute atomic E-state index is 11.7. The first-order valence-electron chi connectivity index (χ1n) is 6.52.